The van der Waals surface area contributed by atoms with Crippen LogP contribution in [0.15, 0.2) is 164 Å². The first kappa shape index (κ1) is 28.8. The van der Waals surface area contributed by atoms with Gasteiger partial charge in [0.2, 0.25) is 0 Å². The van der Waals surface area contributed by atoms with Crippen LogP contribution in [0, 0.1) is 0 Å². The van der Waals surface area contributed by atoms with Crippen molar-refractivity contribution in [3.8, 4) is 11.4 Å². The highest BCUT2D eigenvalue weighted by atomic mass is 32.4. The molecule has 49 heavy (non-hydrogen) atoms. The van der Waals surface area contributed by atoms with E-state index < -0.39 is 6.04 Å². The molecule has 10 rings (SSSR count). The first-order valence-corrected chi connectivity index (χ1v) is 19.7. The van der Waals surface area contributed by atoms with Crippen molar-refractivity contribution in [2.24, 2.45) is 0 Å². The van der Waals surface area contributed by atoms with E-state index in [9.17, 15) is 0 Å². The Morgan fingerprint density at radius 3 is 1.55 bits per heavy atom. The molecule has 1 aliphatic heterocycles. The minimum Gasteiger partial charge on any atom is -0.309 e. The van der Waals surface area contributed by atoms with Crippen molar-refractivity contribution in [1.29, 1.82) is 0 Å². The van der Waals surface area contributed by atoms with E-state index in [1.807, 2.05) is 0 Å². The lowest BCUT2D eigenvalue weighted by Gasteiger charge is -2.42. The molecule has 0 fully saturated rings. The molecule has 0 aliphatic carbocycles. The molecule has 2 aromatic heterocycles. The lowest BCUT2D eigenvalue weighted by molar-refractivity contribution is 0.647. The highest BCUT2D eigenvalue weighted by Gasteiger charge is 2.42. The molecule has 9 aromatic rings. The number of hydrogen-bond acceptors (Lipinski definition) is 1. The van der Waals surface area contributed by atoms with Gasteiger partial charge in [-0.2, -0.15) is 0 Å². The number of hydrogen-bond donors (Lipinski definition) is 0. The van der Waals surface area contributed by atoms with E-state index in [-0.39, 0.29) is 5.41 Å². The molecule has 4 heteroatoms. The third-order valence-corrected chi connectivity index (χ3v) is 15.8. The Labute approximate surface area is 290 Å². The molecule has 0 N–H and O–H groups in total. The Hall–Kier alpha value is -5.21. The van der Waals surface area contributed by atoms with Gasteiger partial charge in [0, 0.05) is 44.4 Å². The van der Waals surface area contributed by atoms with Crippen LogP contribution in [0.25, 0.3) is 55.0 Å². The second kappa shape index (κ2) is 10.4. The second-order valence-corrected chi connectivity index (χ2v) is 18.1. The first-order valence-electron chi connectivity index (χ1n) is 16.9. The van der Waals surface area contributed by atoms with E-state index in [0.717, 1.165) is 5.69 Å². The van der Waals surface area contributed by atoms with Crippen LogP contribution in [-0.4, -0.2) is 9.13 Å². The Morgan fingerprint density at radius 1 is 0.429 bits per heavy atom. The molecule has 0 saturated heterocycles. The first-order chi connectivity index (χ1) is 24.0. The zero-order valence-electron chi connectivity index (χ0n) is 27.3. The van der Waals surface area contributed by atoms with Crippen LogP contribution in [0.1, 0.15) is 25.0 Å². The summed E-state index contributed by atoms with van der Waals surface area (Å²) in [5.74, 6) is 0. The summed E-state index contributed by atoms with van der Waals surface area (Å²) in [5.41, 5.74) is 9.62. The molecule has 3 heterocycles. The molecule has 0 radical (unpaired) electrons. The van der Waals surface area contributed by atoms with Gasteiger partial charge in [0.25, 0.3) is 0 Å². The molecule has 1 aliphatic rings. The van der Waals surface area contributed by atoms with E-state index in [4.69, 9.17) is 11.8 Å². The average Bonchev–Trinajstić information content (AvgIpc) is 3.67. The van der Waals surface area contributed by atoms with Crippen molar-refractivity contribution < 1.29 is 0 Å². The van der Waals surface area contributed by atoms with Gasteiger partial charge in [0.15, 0.2) is 0 Å². The summed E-state index contributed by atoms with van der Waals surface area (Å²) in [6, 6.07) is 57.8. The SMILES string of the molecule is CC1(C)c2ccccc2P(=S)(c2ccccc2)c2ccc(-n3c4ccccc4c4cc(-n5c6ccccc6c6ccccc65)ccc43)cc21. The number of aromatic nitrogens is 2. The Balaban J connectivity index is 1.22. The van der Waals surface area contributed by atoms with Crippen molar-refractivity contribution in [2.75, 3.05) is 0 Å². The van der Waals surface area contributed by atoms with Gasteiger partial charge in [-0.15, -0.1) is 0 Å². The molecule has 234 valence electrons. The lowest BCUT2D eigenvalue weighted by Crippen LogP contribution is -2.42. The number of benzene rings is 7. The van der Waals surface area contributed by atoms with Crippen molar-refractivity contribution in [3.05, 3.63) is 175 Å². The molecule has 0 spiro atoms. The summed E-state index contributed by atoms with van der Waals surface area (Å²) in [6.45, 7) is 4.73. The molecule has 7 aromatic carbocycles. The van der Waals surface area contributed by atoms with Crippen LogP contribution in [0.2, 0.25) is 0 Å². The predicted octanol–water partition coefficient (Wildman–Crippen LogP) is 10.3. The smallest absolute Gasteiger partial charge is 0.0542 e. The Kier molecular flexibility index (Phi) is 6.10. The molecule has 2 nitrogen and oxygen atoms in total. The van der Waals surface area contributed by atoms with Gasteiger partial charge in [0.1, 0.15) is 0 Å². The van der Waals surface area contributed by atoms with Gasteiger partial charge in [-0.25, -0.2) is 0 Å². The largest absolute Gasteiger partial charge is 0.309 e. The maximum atomic E-state index is 6.85. The van der Waals surface area contributed by atoms with Crippen LogP contribution in [0.3, 0.4) is 0 Å². The van der Waals surface area contributed by atoms with Gasteiger partial charge in [0.05, 0.1) is 22.1 Å². The zero-order valence-corrected chi connectivity index (χ0v) is 29.0. The monoisotopic (exact) mass is 664 g/mol. The maximum Gasteiger partial charge on any atom is 0.0542 e. The van der Waals surface area contributed by atoms with Crippen molar-refractivity contribution >= 4 is 77.4 Å². The van der Waals surface area contributed by atoms with Gasteiger partial charge < -0.3 is 9.13 Å². The summed E-state index contributed by atoms with van der Waals surface area (Å²) < 4.78 is 4.86. The van der Waals surface area contributed by atoms with E-state index >= 15 is 0 Å². The van der Waals surface area contributed by atoms with Crippen LogP contribution >= 0.6 is 6.04 Å². The summed E-state index contributed by atoms with van der Waals surface area (Å²) in [7, 11) is 0. The number of rotatable bonds is 3. The van der Waals surface area contributed by atoms with Crippen molar-refractivity contribution in [2.45, 2.75) is 19.3 Å². The summed E-state index contributed by atoms with van der Waals surface area (Å²) in [4.78, 5) is 0. The standard InChI is InChI=1S/C45H33N2PS/c1-45(2)37-19-9-13-23-43(37)48(49,32-14-4-3-5-15-32)44-27-25-31(29-38(44)45)47-41-22-12-8-18-35(41)36-28-30(24-26-42(36)47)46-39-20-10-6-16-33(39)34-17-7-11-21-40(34)46/h3-29H,1-2H3. The highest BCUT2D eigenvalue weighted by molar-refractivity contribution is 8.25. The molecule has 0 saturated carbocycles. The minimum atomic E-state index is -2.27. The maximum absolute atomic E-state index is 6.85. The molecule has 0 amide bonds. The molecule has 1 unspecified atom stereocenters. The van der Waals surface area contributed by atoms with Crippen molar-refractivity contribution in [3.63, 3.8) is 0 Å². The molecular weight excluding hydrogens is 632 g/mol. The normalized spacial score (nSPS) is 16.7. The minimum absolute atomic E-state index is 0.207. The van der Waals surface area contributed by atoms with E-state index in [1.54, 1.807) is 0 Å². The number of fused-ring (bicyclic) bond motifs is 8. The van der Waals surface area contributed by atoms with Crippen molar-refractivity contribution in [1.82, 2.24) is 9.13 Å². The van der Waals surface area contributed by atoms with Crippen LogP contribution in [0.4, 0.5) is 0 Å². The van der Waals surface area contributed by atoms with E-state index in [1.165, 1.54) is 76.3 Å². The Bertz CT molecular complexity index is 2790. The summed E-state index contributed by atoms with van der Waals surface area (Å²) in [5, 5.41) is 8.90. The lowest BCUT2D eigenvalue weighted by atomic mass is 9.77. The summed E-state index contributed by atoms with van der Waals surface area (Å²) in [6.07, 6.45) is 0. The third kappa shape index (κ3) is 3.92. The van der Waals surface area contributed by atoms with Gasteiger partial charge in [-0.1, -0.05) is 141 Å². The second-order valence-electron chi connectivity index (χ2n) is 13.7. The van der Waals surface area contributed by atoms with Crippen LogP contribution in [-0.2, 0) is 17.2 Å². The quantitative estimate of drug-likeness (QED) is 0.171. The van der Waals surface area contributed by atoms with Crippen LogP contribution < -0.4 is 15.9 Å². The van der Waals surface area contributed by atoms with Gasteiger partial charge in [-0.3, -0.25) is 0 Å². The number of para-hydroxylation sites is 3. The van der Waals surface area contributed by atoms with Gasteiger partial charge in [-0.05, 0) is 75.6 Å². The third-order valence-electron chi connectivity index (χ3n) is 10.8. The van der Waals surface area contributed by atoms with E-state index in [0.29, 0.717) is 0 Å². The highest BCUT2D eigenvalue weighted by Crippen LogP contribution is 2.53. The average molecular weight is 665 g/mol. The Morgan fingerprint density at radius 2 is 0.898 bits per heavy atom. The molecule has 1 atom stereocenters. The molecule has 0 bridgehead atoms. The van der Waals surface area contributed by atoms with Crippen LogP contribution in [0.5, 0.6) is 0 Å². The van der Waals surface area contributed by atoms with E-state index in [2.05, 4.69) is 187 Å². The fourth-order valence-electron chi connectivity index (χ4n) is 8.48. The topological polar surface area (TPSA) is 9.86 Å². The fourth-order valence-corrected chi connectivity index (χ4v) is 13.2. The predicted molar refractivity (Wildman–Crippen MR) is 213 cm³/mol. The number of nitrogens with zero attached hydrogens (tertiary/aromatic N) is 2. The zero-order chi connectivity index (χ0) is 32.9. The summed E-state index contributed by atoms with van der Waals surface area (Å²) >= 11 is 6.85. The van der Waals surface area contributed by atoms with Gasteiger partial charge >= 0.3 is 0 Å². The fraction of sp³-hybridized carbons (Fsp3) is 0.0667. The molecular formula is C45H33N2PS.